The van der Waals surface area contributed by atoms with E-state index in [0.717, 1.165) is 19.6 Å². The van der Waals surface area contributed by atoms with Crippen LogP contribution in [0.1, 0.15) is 30.0 Å². The molecule has 2 amide bonds. The third-order valence-corrected chi connectivity index (χ3v) is 6.15. The third-order valence-electron chi connectivity index (χ3n) is 6.15. The van der Waals surface area contributed by atoms with Gasteiger partial charge >= 0.3 is 6.03 Å². The molecule has 0 spiro atoms. The molecule has 1 heterocycles. The summed E-state index contributed by atoms with van der Waals surface area (Å²) >= 11 is 0. The maximum atomic E-state index is 12.2. The van der Waals surface area contributed by atoms with E-state index in [0.29, 0.717) is 11.8 Å². The van der Waals surface area contributed by atoms with E-state index >= 15 is 0 Å². The van der Waals surface area contributed by atoms with E-state index in [1.54, 1.807) is 7.05 Å². The molecule has 0 unspecified atom stereocenters. The molecule has 1 aliphatic rings. The number of nitrogens with zero attached hydrogens (tertiary/aromatic N) is 1. The molecule has 1 saturated heterocycles. The van der Waals surface area contributed by atoms with Crippen molar-refractivity contribution in [2.45, 2.75) is 18.9 Å². The Kier molecular flexibility index (Phi) is 5.81. The minimum atomic E-state index is 0.00975. The topological polar surface area (TPSA) is 44.4 Å². The van der Waals surface area contributed by atoms with Crippen LogP contribution < -0.4 is 10.6 Å². The molecule has 150 valence electrons. The number of carbonyl (C=O) groups is 1. The highest BCUT2D eigenvalue weighted by Gasteiger charge is 2.35. The van der Waals surface area contributed by atoms with E-state index in [1.807, 2.05) is 11.0 Å². The predicted molar refractivity (Wildman–Crippen MR) is 119 cm³/mol. The number of hydrogen-bond donors (Lipinski definition) is 2. The Labute approximate surface area is 172 Å². The van der Waals surface area contributed by atoms with Crippen molar-refractivity contribution in [1.29, 1.82) is 0 Å². The highest BCUT2D eigenvalue weighted by Crippen LogP contribution is 2.33. The molecule has 1 aliphatic heterocycles. The van der Waals surface area contributed by atoms with Gasteiger partial charge in [-0.25, -0.2) is 4.79 Å². The van der Waals surface area contributed by atoms with Crippen molar-refractivity contribution in [3.8, 4) is 0 Å². The fourth-order valence-electron chi connectivity index (χ4n) is 4.55. The number of hydrogen-bond acceptors (Lipinski definition) is 2. The maximum absolute atomic E-state index is 12.2. The van der Waals surface area contributed by atoms with Gasteiger partial charge in [-0.2, -0.15) is 0 Å². The number of nitrogens with one attached hydrogen (secondary N) is 2. The van der Waals surface area contributed by atoms with Crippen molar-refractivity contribution in [1.82, 2.24) is 15.5 Å². The van der Waals surface area contributed by atoms with E-state index in [4.69, 9.17) is 0 Å². The SMILES string of the molecule is CNC(=O)N1C[C@H](CN[C@H](C)c2cccc3ccccc23)[C@@H](c2ccccc2)C1. The molecule has 3 aromatic rings. The summed E-state index contributed by atoms with van der Waals surface area (Å²) in [6, 6.07) is 25.9. The molecule has 3 atom stereocenters. The average Bonchev–Trinajstić information content (AvgIpc) is 3.21. The number of fused-ring (bicyclic) bond motifs is 1. The second kappa shape index (κ2) is 8.66. The lowest BCUT2D eigenvalue weighted by Crippen LogP contribution is -2.37. The first-order valence-electron chi connectivity index (χ1n) is 10.4. The highest BCUT2D eigenvalue weighted by molar-refractivity contribution is 5.86. The lowest BCUT2D eigenvalue weighted by molar-refractivity contribution is 0.209. The molecule has 0 saturated carbocycles. The summed E-state index contributed by atoms with van der Waals surface area (Å²) in [6.07, 6.45) is 0. The monoisotopic (exact) mass is 387 g/mol. The summed E-state index contributed by atoms with van der Waals surface area (Å²) in [6.45, 7) is 4.63. The summed E-state index contributed by atoms with van der Waals surface area (Å²) in [4.78, 5) is 14.2. The summed E-state index contributed by atoms with van der Waals surface area (Å²) < 4.78 is 0. The first kappa shape index (κ1) is 19.5. The van der Waals surface area contributed by atoms with Gasteiger partial charge in [0.25, 0.3) is 0 Å². The molecule has 4 rings (SSSR count). The van der Waals surface area contributed by atoms with Crippen molar-refractivity contribution >= 4 is 16.8 Å². The Bertz CT molecular complexity index is 967. The number of benzene rings is 3. The van der Waals surface area contributed by atoms with Crippen LogP contribution in [0.25, 0.3) is 10.8 Å². The van der Waals surface area contributed by atoms with E-state index in [1.165, 1.54) is 21.9 Å². The molecular formula is C25H29N3O. The van der Waals surface area contributed by atoms with Gasteiger partial charge in [0.05, 0.1) is 0 Å². The minimum absolute atomic E-state index is 0.00975. The predicted octanol–water partition coefficient (Wildman–Crippen LogP) is 4.55. The Morgan fingerprint density at radius 3 is 2.52 bits per heavy atom. The molecule has 4 nitrogen and oxygen atoms in total. The summed E-state index contributed by atoms with van der Waals surface area (Å²) in [7, 11) is 1.70. The summed E-state index contributed by atoms with van der Waals surface area (Å²) in [5, 5.41) is 9.10. The van der Waals surface area contributed by atoms with Crippen LogP contribution in [0, 0.1) is 5.92 Å². The number of urea groups is 1. The Balaban J connectivity index is 1.51. The van der Waals surface area contributed by atoms with Crippen molar-refractivity contribution in [3.63, 3.8) is 0 Å². The first-order chi connectivity index (χ1) is 14.2. The van der Waals surface area contributed by atoms with Gasteiger partial charge in [0.2, 0.25) is 0 Å². The average molecular weight is 388 g/mol. The van der Waals surface area contributed by atoms with Gasteiger partial charge in [0, 0.05) is 38.6 Å². The number of carbonyl (C=O) groups excluding carboxylic acids is 1. The van der Waals surface area contributed by atoms with Crippen LogP contribution in [-0.2, 0) is 0 Å². The number of amides is 2. The Hall–Kier alpha value is -2.85. The van der Waals surface area contributed by atoms with Crippen LogP contribution in [0.5, 0.6) is 0 Å². The van der Waals surface area contributed by atoms with Crippen LogP contribution in [0.3, 0.4) is 0 Å². The fourth-order valence-corrected chi connectivity index (χ4v) is 4.55. The van der Waals surface area contributed by atoms with Gasteiger partial charge in [-0.1, -0.05) is 72.8 Å². The second-order valence-electron chi connectivity index (χ2n) is 7.94. The standard InChI is InChI=1S/C25H29N3O/c1-18(22-14-8-12-19-11-6-7-13-23(19)22)27-15-21-16-28(25(29)26-2)17-24(21)20-9-4-3-5-10-20/h3-14,18,21,24,27H,15-17H2,1-2H3,(H,26,29)/t18-,21+,24-/m1/s1. The zero-order valence-corrected chi connectivity index (χ0v) is 17.1. The van der Waals surface area contributed by atoms with Gasteiger partial charge in [-0.3, -0.25) is 0 Å². The van der Waals surface area contributed by atoms with Gasteiger partial charge in [-0.15, -0.1) is 0 Å². The highest BCUT2D eigenvalue weighted by atomic mass is 16.2. The van der Waals surface area contributed by atoms with Crippen LogP contribution in [0.15, 0.2) is 72.8 Å². The molecule has 2 N–H and O–H groups in total. The molecule has 0 aliphatic carbocycles. The van der Waals surface area contributed by atoms with Crippen LogP contribution in [0.2, 0.25) is 0 Å². The maximum Gasteiger partial charge on any atom is 0.317 e. The van der Waals surface area contributed by atoms with Crippen LogP contribution in [0.4, 0.5) is 4.79 Å². The molecule has 0 bridgehead atoms. The second-order valence-corrected chi connectivity index (χ2v) is 7.94. The smallest absolute Gasteiger partial charge is 0.317 e. The number of likely N-dealkylation sites (tertiary alicyclic amines) is 1. The summed E-state index contributed by atoms with van der Waals surface area (Å²) in [5.74, 6) is 0.729. The van der Waals surface area contributed by atoms with Gasteiger partial charge in [0.1, 0.15) is 0 Å². The largest absolute Gasteiger partial charge is 0.341 e. The molecule has 4 heteroatoms. The van der Waals surface area contributed by atoms with Gasteiger partial charge in [0.15, 0.2) is 0 Å². The lowest BCUT2D eigenvalue weighted by atomic mass is 9.88. The zero-order chi connectivity index (χ0) is 20.2. The molecule has 3 aromatic carbocycles. The molecule has 0 radical (unpaired) electrons. The minimum Gasteiger partial charge on any atom is -0.341 e. The van der Waals surface area contributed by atoms with Crippen molar-refractivity contribution in [2.75, 3.05) is 26.7 Å². The van der Waals surface area contributed by atoms with E-state index in [-0.39, 0.29) is 12.1 Å². The summed E-state index contributed by atoms with van der Waals surface area (Å²) in [5.41, 5.74) is 2.63. The van der Waals surface area contributed by atoms with Crippen molar-refractivity contribution in [2.24, 2.45) is 5.92 Å². The normalized spacial score (nSPS) is 20.0. The quantitative estimate of drug-likeness (QED) is 0.675. The molecule has 0 aromatic heterocycles. The van der Waals surface area contributed by atoms with Gasteiger partial charge in [-0.05, 0) is 34.7 Å². The van der Waals surface area contributed by atoms with E-state index in [9.17, 15) is 4.79 Å². The van der Waals surface area contributed by atoms with Crippen molar-refractivity contribution < 1.29 is 4.79 Å². The molecular weight excluding hydrogens is 358 g/mol. The third kappa shape index (κ3) is 4.13. The lowest BCUT2D eigenvalue weighted by Gasteiger charge is -2.23. The first-order valence-corrected chi connectivity index (χ1v) is 10.4. The Morgan fingerprint density at radius 1 is 1.00 bits per heavy atom. The fraction of sp³-hybridized carbons (Fsp3) is 0.320. The zero-order valence-electron chi connectivity index (χ0n) is 17.1. The van der Waals surface area contributed by atoms with E-state index < -0.39 is 0 Å². The number of rotatable bonds is 5. The van der Waals surface area contributed by atoms with E-state index in [2.05, 4.69) is 84.3 Å². The van der Waals surface area contributed by atoms with Crippen LogP contribution >= 0.6 is 0 Å². The van der Waals surface area contributed by atoms with Crippen molar-refractivity contribution in [3.05, 3.63) is 83.9 Å². The van der Waals surface area contributed by atoms with Crippen LogP contribution in [-0.4, -0.2) is 37.6 Å². The molecule has 1 fully saturated rings. The van der Waals surface area contributed by atoms with Gasteiger partial charge < -0.3 is 15.5 Å². The Morgan fingerprint density at radius 2 is 1.72 bits per heavy atom. The molecule has 29 heavy (non-hydrogen) atoms.